The minimum atomic E-state index is -0.0748. The maximum atomic E-state index is 5.95. The van der Waals surface area contributed by atoms with Gasteiger partial charge in [0.25, 0.3) is 0 Å². The molecule has 2 rings (SSSR count). The second-order valence-corrected chi connectivity index (χ2v) is 6.17. The standard InChI is InChI=1S/C16H26N2O/c1-12-10-18(11-16(3,4)19-12)15-8-6-14(7-9-15)13(2)17-5/h6-9,12-13,17H,10-11H2,1-5H3. The van der Waals surface area contributed by atoms with Crippen LogP contribution in [0.4, 0.5) is 5.69 Å². The van der Waals surface area contributed by atoms with Crippen LogP contribution in [0.1, 0.15) is 39.3 Å². The maximum absolute atomic E-state index is 5.95. The largest absolute Gasteiger partial charge is 0.369 e. The molecule has 3 nitrogen and oxygen atoms in total. The van der Waals surface area contributed by atoms with Gasteiger partial charge in [-0.05, 0) is 52.4 Å². The van der Waals surface area contributed by atoms with E-state index in [0.717, 1.165) is 13.1 Å². The van der Waals surface area contributed by atoms with E-state index in [1.54, 1.807) is 0 Å². The van der Waals surface area contributed by atoms with E-state index in [2.05, 4.69) is 62.2 Å². The molecule has 1 aromatic rings. The van der Waals surface area contributed by atoms with E-state index in [1.807, 2.05) is 7.05 Å². The van der Waals surface area contributed by atoms with Crippen molar-refractivity contribution < 1.29 is 4.74 Å². The molecule has 1 N–H and O–H groups in total. The molecule has 2 atom stereocenters. The van der Waals surface area contributed by atoms with E-state index in [-0.39, 0.29) is 11.7 Å². The molecule has 0 radical (unpaired) electrons. The molecule has 0 aliphatic carbocycles. The van der Waals surface area contributed by atoms with Crippen molar-refractivity contribution in [1.29, 1.82) is 0 Å². The van der Waals surface area contributed by atoms with E-state index in [1.165, 1.54) is 11.3 Å². The molecule has 1 saturated heterocycles. The number of nitrogens with zero attached hydrogens (tertiary/aromatic N) is 1. The van der Waals surface area contributed by atoms with E-state index >= 15 is 0 Å². The van der Waals surface area contributed by atoms with Crippen molar-refractivity contribution in [1.82, 2.24) is 5.32 Å². The average Bonchev–Trinajstić information content (AvgIpc) is 2.35. The second-order valence-electron chi connectivity index (χ2n) is 6.17. The molecule has 0 spiro atoms. The molecule has 2 unspecified atom stereocenters. The third-order valence-corrected chi connectivity index (χ3v) is 3.76. The molecule has 106 valence electrons. The fourth-order valence-electron chi connectivity index (χ4n) is 2.79. The topological polar surface area (TPSA) is 24.5 Å². The Hall–Kier alpha value is -1.06. The number of nitrogens with one attached hydrogen (secondary N) is 1. The molecule has 0 aromatic heterocycles. The lowest BCUT2D eigenvalue weighted by molar-refractivity contribution is -0.0749. The van der Waals surface area contributed by atoms with Gasteiger partial charge in [0, 0.05) is 24.8 Å². The van der Waals surface area contributed by atoms with Gasteiger partial charge in [0.2, 0.25) is 0 Å². The number of benzene rings is 1. The Morgan fingerprint density at radius 3 is 2.47 bits per heavy atom. The van der Waals surface area contributed by atoms with Crippen LogP contribution in [0.5, 0.6) is 0 Å². The molecule has 1 aliphatic rings. The monoisotopic (exact) mass is 262 g/mol. The molecule has 1 aliphatic heterocycles. The van der Waals surface area contributed by atoms with Gasteiger partial charge in [-0.3, -0.25) is 0 Å². The SMILES string of the molecule is CNC(C)c1ccc(N2CC(C)OC(C)(C)C2)cc1. The van der Waals surface area contributed by atoms with E-state index in [9.17, 15) is 0 Å². The highest BCUT2D eigenvalue weighted by molar-refractivity contribution is 5.49. The molecular formula is C16H26N2O. The van der Waals surface area contributed by atoms with Crippen molar-refractivity contribution in [2.45, 2.75) is 45.4 Å². The lowest BCUT2D eigenvalue weighted by Gasteiger charge is -2.43. The van der Waals surface area contributed by atoms with Gasteiger partial charge in [-0.2, -0.15) is 0 Å². The van der Waals surface area contributed by atoms with Crippen LogP contribution < -0.4 is 10.2 Å². The zero-order valence-corrected chi connectivity index (χ0v) is 12.7. The lowest BCUT2D eigenvalue weighted by atomic mass is 10.0. The summed E-state index contributed by atoms with van der Waals surface area (Å²) in [5.74, 6) is 0. The predicted molar refractivity (Wildman–Crippen MR) is 80.8 cm³/mol. The first-order valence-corrected chi connectivity index (χ1v) is 7.11. The highest BCUT2D eigenvalue weighted by Gasteiger charge is 2.31. The molecule has 0 saturated carbocycles. The predicted octanol–water partition coefficient (Wildman–Crippen LogP) is 2.97. The normalized spacial score (nSPS) is 24.3. The Balaban J connectivity index is 2.13. The Labute approximate surface area is 116 Å². The zero-order chi connectivity index (χ0) is 14.0. The average molecular weight is 262 g/mol. The van der Waals surface area contributed by atoms with E-state index in [4.69, 9.17) is 4.74 Å². The smallest absolute Gasteiger partial charge is 0.0805 e. The fraction of sp³-hybridized carbons (Fsp3) is 0.625. The third kappa shape index (κ3) is 3.48. The van der Waals surface area contributed by atoms with Crippen molar-refractivity contribution in [3.8, 4) is 0 Å². The second kappa shape index (κ2) is 5.51. The Bertz CT molecular complexity index is 413. The number of anilines is 1. The first kappa shape index (κ1) is 14.4. The molecule has 1 heterocycles. The van der Waals surface area contributed by atoms with Crippen molar-refractivity contribution in [2.24, 2.45) is 0 Å². The summed E-state index contributed by atoms with van der Waals surface area (Å²) in [6.45, 7) is 10.5. The Kier molecular flexibility index (Phi) is 4.16. The van der Waals surface area contributed by atoms with Gasteiger partial charge in [0.1, 0.15) is 0 Å². The van der Waals surface area contributed by atoms with Crippen molar-refractivity contribution in [3.05, 3.63) is 29.8 Å². The highest BCUT2D eigenvalue weighted by Crippen LogP contribution is 2.26. The van der Waals surface area contributed by atoms with Gasteiger partial charge in [-0.25, -0.2) is 0 Å². The summed E-state index contributed by atoms with van der Waals surface area (Å²) in [5, 5.41) is 3.27. The first-order valence-electron chi connectivity index (χ1n) is 7.11. The van der Waals surface area contributed by atoms with Crippen LogP contribution >= 0.6 is 0 Å². The van der Waals surface area contributed by atoms with Crippen LogP contribution in [0, 0.1) is 0 Å². The summed E-state index contributed by atoms with van der Waals surface area (Å²) < 4.78 is 5.95. The first-order chi connectivity index (χ1) is 8.91. The molecule has 0 amide bonds. The Morgan fingerprint density at radius 1 is 1.32 bits per heavy atom. The van der Waals surface area contributed by atoms with Crippen LogP contribution in [0.25, 0.3) is 0 Å². The third-order valence-electron chi connectivity index (χ3n) is 3.76. The Morgan fingerprint density at radius 2 is 1.95 bits per heavy atom. The summed E-state index contributed by atoms with van der Waals surface area (Å²) >= 11 is 0. The van der Waals surface area contributed by atoms with Gasteiger partial charge in [0.15, 0.2) is 0 Å². The summed E-state index contributed by atoms with van der Waals surface area (Å²) in [6.07, 6.45) is 0.277. The van der Waals surface area contributed by atoms with Crippen LogP contribution in [-0.2, 0) is 4.74 Å². The molecule has 19 heavy (non-hydrogen) atoms. The minimum absolute atomic E-state index is 0.0748. The van der Waals surface area contributed by atoms with Gasteiger partial charge in [-0.1, -0.05) is 12.1 Å². The van der Waals surface area contributed by atoms with Gasteiger partial charge in [-0.15, -0.1) is 0 Å². The number of hydrogen-bond donors (Lipinski definition) is 1. The van der Waals surface area contributed by atoms with Gasteiger partial charge in [0.05, 0.1) is 11.7 Å². The molecule has 1 fully saturated rings. The quantitative estimate of drug-likeness (QED) is 0.906. The summed E-state index contributed by atoms with van der Waals surface area (Å²) in [7, 11) is 1.99. The summed E-state index contributed by atoms with van der Waals surface area (Å²) in [4.78, 5) is 2.42. The van der Waals surface area contributed by atoms with Crippen molar-refractivity contribution in [3.63, 3.8) is 0 Å². The van der Waals surface area contributed by atoms with Crippen LogP contribution in [0.3, 0.4) is 0 Å². The number of hydrogen-bond acceptors (Lipinski definition) is 3. The highest BCUT2D eigenvalue weighted by atomic mass is 16.5. The zero-order valence-electron chi connectivity index (χ0n) is 12.7. The van der Waals surface area contributed by atoms with Gasteiger partial charge >= 0.3 is 0 Å². The molecule has 3 heteroatoms. The summed E-state index contributed by atoms with van der Waals surface area (Å²) in [6, 6.07) is 9.26. The fourth-order valence-corrected chi connectivity index (χ4v) is 2.79. The lowest BCUT2D eigenvalue weighted by Crippen LogP contribution is -2.52. The van der Waals surface area contributed by atoms with Crippen molar-refractivity contribution >= 4 is 5.69 Å². The molecular weight excluding hydrogens is 236 g/mol. The minimum Gasteiger partial charge on any atom is -0.369 e. The van der Waals surface area contributed by atoms with Crippen LogP contribution in [0.2, 0.25) is 0 Å². The molecule has 1 aromatic carbocycles. The van der Waals surface area contributed by atoms with Crippen molar-refractivity contribution in [2.75, 3.05) is 25.0 Å². The summed E-state index contributed by atoms with van der Waals surface area (Å²) in [5.41, 5.74) is 2.54. The van der Waals surface area contributed by atoms with Crippen LogP contribution in [0.15, 0.2) is 24.3 Å². The van der Waals surface area contributed by atoms with Crippen LogP contribution in [-0.4, -0.2) is 31.8 Å². The number of morpholine rings is 1. The maximum Gasteiger partial charge on any atom is 0.0805 e. The molecule has 0 bridgehead atoms. The van der Waals surface area contributed by atoms with E-state index < -0.39 is 0 Å². The number of rotatable bonds is 3. The number of ether oxygens (including phenoxy) is 1. The van der Waals surface area contributed by atoms with Gasteiger partial charge < -0.3 is 15.0 Å². The van der Waals surface area contributed by atoms with E-state index in [0.29, 0.717) is 6.04 Å².